The third-order valence-electron chi connectivity index (χ3n) is 12.7. The number of allylic oxidation sites excluding steroid dienone is 1. The van der Waals surface area contributed by atoms with Crippen molar-refractivity contribution in [2.75, 3.05) is 40.9 Å². The normalized spacial score (nSPS) is 14.1. The first kappa shape index (κ1) is 62.2. The van der Waals surface area contributed by atoms with Crippen LogP contribution >= 0.6 is 7.82 Å². The molecule has 0 aliphatic rings. The van der Waals surface area contributed by atoms with Crippen LogP contribution < -0.4 is 10.2 Å². The molecule has 0 fully saturated rings. The van der Waals surface area contributed by atoms with Crippen molar-refractivity contribution in [3.05, 3.63) is 12.2 Å². The van der Waals surface area contributed by atoms with Gasteiger partial charge < -0.3 is 28.8 Å². The number of unbranched alkanes of at least 4 members (excludes halogenated alkanes) is 38. The second-order valence-electron chi connectivity index (χ2n) is 20.3. The Morgan fingerprint density at radius 1 is 0.540 bits per heavy atom. The van der Waals surface area contributed by atoms with Gasteiger partial charge in [-0.05, 0) is 19.3 Å². The van der Waals surface area contributed by atoms with Gasteiger partial charge in [-0.3, -0.25) is 9.36 Å². The summed E-state index contributed by atoms with van der Waals surface area (Å²) in [6.45, 7) is 4.68. The average molecular weight is 913 g/mol. The van der Waals surface area contributed by atoms with Crippen LogP contribution in [0.4, 0.5) is 0 Å². The van der Waals surface area contributed by atoms with E-state index in [-0.39, 0.29) is 19.1 Å². The first-order valence-electron chi connectivity index (χ1n) is 27.6. The highest BCUT2D eigenvalue weighted by Gasteiger charge is 2.23. The van der Waals surface area contributed by atoms with Crippen LogP contribution in [0.15, 0.2) is 12.2 Å². The Morgan fingerprint density at radius 3 is 1.19 bits per heavy atom. The minimum absolute atomic E-state index is 0.00235. The lowest BCUT2D eigenvalue weighted by molar-refractivity contribution is -0.870. The highest BCUT2D eigenvalue weighted by molar-refractivity contribution is 7.45. The van der Waals surface area contributed by atoms with Crippen molar-refractivity contribution in [1.82, 2.24) is 5.32 Å². The molecule has 376 valence electrons. The SMILES string of the molecule is CCCCCCCCCCCCC/C=C/C(O)C(COP(=O)([O-])OCC[N+](C)(C)C)NC(=O)CCCCCCCCCCCCCCCCCCCCCCCCCCCCCC. The van der Waals surface area contributed by atoms with Gasteiger partial charge in [0.15, 0.2) is 0 Å². The van der Waals surface area contributed by atoms with E-state index < -0.39 is 20.0 Å². The number of nitrogens with zero attached hydrogens (tertiary/aromatic N) is 1. The fourth-order valence-electron chi connectivity index (χ4n) is 8.39. The zero-order valence-electron chi connectivity index (χ0n) is 42.8. The van der Waals surface area contributed by atoms with Crippen molar-refractivity contribution in [2.45, 2.75) is 289 Å². The van der Waals surface area contributed by atoms with Gasteiger partial charge in [0.1, 0.15) is 13.2 Å². The molecule has 0 radical (unpaired) electrons. The molecule has 3 unspecified atom stereocenters. The lowest BCUT2D eigenvalue weighted by atomic mass is 10.0. The first-order chi connectivity index (χ1) is 30.5. The Hall–Kier alpha value is -0.760. The number of aliphatic hydroxyl groups excluding tert-OH is 1. The number of phosphoric acid groups is 1. The zero-order valence-corrected chi connectivity index (χ0v) is 43.7. The molecule has 0 aliphatic heterocycles. The summed E-state index contributed by atoms with van der Waals surface area (Å²) < 4.78 is 23.3. The van der Waals surface area contributed by atoms with Gasteiger partial charge in [0.2, 0.25) is 5.91 Å². The number of carbonyl (C=O) groups excluding carboxylic acids is 1. The van der Waals surface area contributed by atoms with Crippen LogP contribution in [0.5, 0.6) is 0 Å². The molecule has 8 nitrogen and oxygen atoms in total. The molecule has 63 heavy (non-hydrogen) atoms. The van der Waals surface area contributed by atoms with E-state index in [9.17, 15) is 19.4 Å². The molecule has 0 aromatic heterocycles. The Morgan fingerprint density at radius 2 is 0.857 bits per heavy atom. The van der Waals surface area contributed by atoms with Crippen LogP contribution in [0, 0.1) is 0 Å². The van der Waals surface area contributed by atoms with E-state index in [0.29, 0.717) is 17.4 Å². The van der Waals surface area contributed by atoms with E-state index in [0.717, 1.165) is 38.5 Å². The molecule has 0 spiro atoms. The topological polar surface area (TPSA) is 108 Å². The quantitative estimate of drug-likeness (QED) is 0.0272. The third-order valence-corrected chi connectivity index (χ3v) is 13.7. The number of likely N-dealkylation sites (N-methyl/N-ethyl adjacent to an activating group) is 1. The lowest BCUT2D eigenvalue weighted by Crippen LogP contribution is -2.45. The standard InChI is InChI=1S/C54H109N2O6P/c1-6-8-10-12-14-16-18-20-21-22-23-24-25-26-27-28-29-30-31-32-33-34-36-38-40-42-44-46-48-54(58)55-52(51-62-63(59,60)61-50-49-56(3,4)5)53(57)47-45-43-41-39-37-35-19-17-15-13-11-9-7-2/h45,47,52-53,57H,6-44,46,48-51H2,1-5H3,(H-,55,58,59,60)/b47-45+. The lowest BCUT2D eigenvalue weighted by Gasteiger charge is -2.29. The molecular weight excluding hydrogens is 804 g/mol. The van der Waals surface area contributed by atoms with Crippen LogP contribution in [0.3, 0.4) is 0 Å². The number of aliphatic hydroxyl groups is 1. The van der Waals surface area contributed by atoms with Crippen molar-refractivity contribution >= 4 is 13.7 Å². The van der Waals surface area contributed by atoms with Crippen molar-refractivity contribution in [2.24, 2.45) is 0 Å². The molecule has 0 rings (SSSR count). The van der Waals surface area contributed by atoms with Crippen LogP contribution in [0.25, 0.3) is 0 Å². The fourth-order valence-corrected chi connectivity index (χ4v) is 9.11. The Kier molecular flexibility index (Phi) is 45.8. The third kappa shape index (κ3) is 49.0. The van der Waals surface area contributed by atoms with E-state index in [1.165, 1.54) is 218 Å². The zero-order chi connectivity index (χ0) is 46.4. The highest BCUT2D eigenvalue weighted by atomic mass is 31.2. The number of amides is 1. The molecule has 9 heteroatoms. The minimum atomic E-state index is -4.59. The summed E-state index contributed by atoms with van der Waals surface area (Å²) in [6.07, 6.45) is 55.7. The van der Waals surface area contributed by atoms with Crippen molar-refractivity contribution in [3.8, 4) is 0 Å². The Bertz CT molecular complexity index is 1040. The maximum atomic E-state index is 12.9. The fraction of sp³-hybridized carbons (Fsp3) is 0.944. The molecule has 0 aromatic rings. The molecule has 3 atom stereocenters. The molecule has 0 aromatic carbocycles. The Labute approximate surface area is 392 Å². The molecular formula is C54H109N2O6P. The molecule has 0 heterocycles. The summed E-state index contributed by atoms with van der Waals surface area (Å²) in [5, 5.41) is 13.8. The molecule has 0 aliphatic carbocycles. The summed E-state index contributed by atoms with van der Waals surface area (Å²) >= 11 is 0. The first-order valence-corrected chi connectivity index (χ1v) is 29.0. The molecule has 0 saturated heterocycles. The molecule has 1 amide bonds. The van der Waals surface area contributed by atoms with Crippen LogP contribution in [0.1, 0.15) is 277 Å². The number of nitrogens with one attached hydrogen (secondary N) is 1. The number of carbonyl (C=O) groups is 1. The minimum Gasteiger partial charge on any atom is -0.756 e. The largest absolute Gasteiger partial charge is 0.756 e. The van der Waals surface area contributed by atoms with Gasteiger partial charge in [-0.25, -0.2) is 0 Å². The molecule has 0 saturated carbocycles. The van der Waals surface area contributed by atoms with Crippen molar-refractivity contribution in [3.63, 3.8) is 0 Å². The summed E-state index contributed by atoms with van der Waals surface area (Å²) in [7, 11) is 1.28. The maximum absolute atomic E-state index is 12.9. The van der Waals surface area contributed by atoms with Crippen LogP contribution in [-0.2, 0) is 18.4 Å². The maximum Gasteiger partial charge on any atom is 0.268 e. The van der Waals surface area contributed by atoms with Gasteiger partial charge in [0.05, 0.1) is 39.9 Å². The molecule has 2 N–H and O–H groups in total. The number of hydrogen-bond acceptors (Lipinski definition) is 6. The predicted octanol–water partition coefficient (Wildman–Crippen LogP) is 15.6. The van der Waals surface area contributed by atoms with Gasteiger partial charge in [-0.15, -0.1) is 0 Å². The number of hydrogen-bond donors (Lipinski definition) is 2. The summed E-state index contributed by atoms with van der Waals surface area (Å²) in [4.78, 5) is 25.4. The monoisotopic (exact) mass is 913 g/mol. The predicted molar refractivity (Wildman–Crippen MR) is 270 cm³/mol. The van der Waals surface area contributed by atoms with Gasteiger partial charge in [0.25, 0.3) is 7.82 Å². The summed E-state index contributed by atoms with van der Waals surface area (Å²) in [5.41, 5.74) is 0. The second-order valence-corrected chi connectivity index (χ2v) is 21.7. The van der Waals surface area contributed by atoms with Crippen LogP contribution in [0.2, 0.25) is 0 Å². The van der Waals surface area contributed by atoms with Gasteiger partial charge in [-0.1, -0.05) is 264 Å². The number of quaternary nitrogens is 1. The Balaban J connectivity index is 4.06. The number of rotatable bonds is 51. The number of phosphoric ester groups is 1. The van der Waals surface area contributed by atoms with E-state index >= 15 is 0 Å². The van der Waals surface area contributed by atoms with Crippen LogP contribution in [-0.4, -0.2) is 68.5 Å². The van der Waals surface area contributed by atoms with Gasteiger partial charge in [-0.2, -0.15) is 0 Å². The van der Waals surface area contributed by atoms with Crippen molar-refractivity contribution in [1.29, 1.82) is 0 Å². The highest BCUT2D eigenvalue weighted by Crippen LogP contribution is 2.38. The van der Waals surface area contributed by atoms with E-state index in [1.54, 1.807) is 6.08 Å². The average Bonchev–Trinajstić information content (AvgIpc) is 3.24. The van der Waals surface area contributed by atoms with Crippen molar-refractivity contribution < 1.29 is 32.9 Å². The molecule has 0 bridgehead atoms. The summed E-state index contributed by atoms with van der Waals surface area (Å²) in [5.74, 6) is -0.192. The van der Waals surface area contributed by atoms with Gasteiger partial charge >= 0.3 is 0 Å². The van der Waals surface area contributed by atoms with E-state index in [4.69, 9.17) is 9.05 Å². The summed E-state index contributed by atoms with van der Waals surface area (Å²) in [6, 6.07) is -0.880. The van der Waals surface area contributed by atoms with E-state index in [1.807, 2.05) is 27.2 Å². The smallest absolute Gasteiger partial charge is 0.268 e. The van der Waals surface area contributed by atoms with Gasteiger partial charge in [0, 0.05) is 6.42 Å². The van der Waals surface area contributed by atoms with E-state index in [2.05, 4.69) is 19.2 Å². The second kappa shape index (κ2) is 46.4.